The molecule has 0 aliphatic heterocycles. The Balaban J connectivity index is 1.46. The summed E-state index contributed by atoms with van der Waals surface area (Å²) in [5.74, 6) is 0.224. The van der Waals surface area contributed by atoms with Crippen molar-refractivity contribution in [2.75, 3.05) is 12.4 Å². The van der Waals surface area contributed by atoms with E-state index < -0.39 is 17.3 Å². The topological polar surface area (TPSA) is 106 Å². The number of amides is 2. The van der Waals surface area contributed by atoms with E-state index >= 15 is 0 Å². The Morgan fingerprint density at radius 3 is 2.54 bits per heavy atom. The van der Waals surface area contributed by atoms with E-state index in [2.05, 4.69) is 28.9 Å². The van der Waals surface area contributed by atoms with Gasteiger partial charge in [-0.15, -0.1) is 0 Å². The highest BCUT2D eigenvalue weighted by Gasteiger charge is 2.19. The van der Waals surface area contributed by atoms with Gasteiger partial charge in [-0.2, -0.15) is 4.72 Å². The van der Waals surface area contributed by atoms with Crippen LogP contribution in [0.2, 0.25) is 0 Å². The summed E-state index contributed by atoms with van der Waals surface area (Å²) in [6.45, 7) is 4.19. The van der Waals surface area contributed by atoms with Crippen molar-refractivity contribution in [1.82, 2.24) is 9.71 Å². The second-order valence-electron chi connectivity index (χ2n) is 9.53. The van der Waals surface area contributed by atoms with E-state index in [-0.39, 0.29) is 11.8 Å². The summed E-state index contributed by atoms with van der Waals surface area (Å²) in [6, 6.07) is 19.9. The number of H-pyrrole nitrogens is 1. The highest BCUT2D eigenvalue weighted by molar-refractivity contribution is 7.90. The largest absolute Gasteiger partial charge is 0.588 e. The van der Waals surface area contributed by atoms with Gasteiger partial charge >= 0.3 is 0 Å². The van der Waals surface area contributed by atoms with Gasteiger partial charge in [0.2, 0.25) is 5.91 Å². The lowest BCUT2D eigenvalue weighted by atomic mass is 9.98. The third-order valence-electron chi connectivity index (χ3n) is 6.88. The minimum atomic E-state index is -1.65. The standard InChI is InChI=1S/C31H35N3O4S/c1-4-6-10-21(5-2)30(35)33-25-15-16-27-24(20-32-28(27)19-25)17-22-13-14-23(18-29(22)38-3)31(36)34-39(37)26-11-8-7-9-12-26/h7-9,11-16,18-21,32H,4-6,10,17H2,1-3H3,(H,33,35)(H,34,36). The van der Waals surface area contributed by atoms with Crippen LogP contribution in [-0.4, -0.2) is 28.5 Å². The van der Waals surface area contributed by atoms with Gasteiger partial charge in [0.1, 0.15) is 17.1 Å². The molecule has 0 saturated heterocycles. The molecular formula is C31H35N3O4S. The number of aromatic amines is 1. The van der Waals surface area contributed by atoms with Crippen molar-refractivity contribution in [2.45, 2.75) is 50.8 Å². The highest BCUT2D eigenvalue weighted by Crippen LogP contribution is 2.29. The molecule has 2 amide bonds. The molecule has 4 rings (SSSR count). The van der Waals surface area contributed by atoms with Crippen LogP contribution in [0.25, 0.3) is 10.9 Å². The molecule has 0 spiro atoms. The number of rotatable bonds is 12. The van der Waals surface area contributed by atoms with E-state index in [1.165, 1.54) is 0 Å². The number of nitrogens with one attached hydrogen (secondary N) is 3. The summed E-state index contributed by atoms with van der Waals surface area (Å²) in [4.78, 5) is 29.3. The normalized spacial score (nSPS) is 12.6. The van der Waals surface area contributed by atoms with Crippen LogP contribution in [0.3, 0.4) is 0 Å². The lowest BCUT2D eigenvalue weighted by Gasteiger charge is -2.14. The van der Waals surface area contributed by atoms with Gasteiger partial charge in [0.15, 0.2) is 4.90 Å². The summed E-state index contributed by atoms with van der Waals surface area (Å²) in [7, 11) is 1.57. The lowest BCUT2D eigenvalue weighted by molar-refractivity contribution is -0.120. The first-order valence-corrected chi connectivity index (χ1v) is 14.4. The molecule has 7 nitrogen and oxygen atoms in total. The number of ether oxygens (including phenoxy) is 1. The number of hydrogen-bond acceptors (Lipinski definition) is 4. The minimum absolute atomic E-state index is 0.0238. The smallest absolute Gasteiger partial charge is 0.292 e. The first kappa shape index (κ1) is 28.3. The molecule has 0 fully saturated rings. The van der Waals surface area contributed by atoms with Gasteiger partial charge in [-0.1, -0.05) is 57.0 Å². The van der Waals surface area contributed by atoms with Gasteiger partial charge in [-0.25, -0.2) is 0 Å². The van der Waals surface area contributed by atoms with Crippen LogP contribution in [0.1, 0.15) is 61.0 Å². The molecule has 0 aliphatic rings. The van der Waals surface area contributed by atoms with Crippen molar-refractivity contribution < 1.29 is 18.9 Å². The predicted molar refractivity (Wildman–Crippen MR) is 156 cm³/mol. The average molecular weight is 546 g/mol. The maximum Gasteiger partial charge on any atom is 0.292 e. The predicted octanol–water partition coefficient (Wildman–Crippen LogP) is 6.37. The summed E-state index contributed by atoms with van der Waals surface area (Å²) in [5.41, 5.74) is 4.05. The monoisotopic (exact) mass is 545 g/mol. The Hall–Kier alpha value is -3.75. The van der Waals surface area contributed by atoms with Crippen LogP contribution in [0.4, 0.5) is 5.69 Å². The van der Waals surface area contributed by atoms with Gasteiger partial charge in [-0.3, -0.25) is 9.59 Å². The van der Waals surface area contributed by atoms with Gasteiger partial charge in [0.05, 0.1) is 7.11 Å². The van der Waals surface area contributed by atoms with Crippen molar-refractivity contribution in [2.24, 2.45) is 5.92 Å². The van der Waals surface area contributed by atoms with Gasteiger partial charge < -0.3 is 19.6 Å². The zero-order valence-electron chi connectivity index (χ0n) is 22.6. The summed E-state index contributed by atoms with van der Waals surface area (Å²) in [5, 5.41) is 4.12. The molecule has 2 atom stereocenters. The zero-order valence-corrected chi connectivity index (χ0v) is 23.4. The molecule has 0 bridgehead atoms. The van der Waals surface area contributed by atoms with E-state index in [1.807, 2.05) is 36.5 Å². The third kappa shape index (κ3) is 7.02. The van der Waals surface area contributed by atoms with Gasteiger partial charge in [0.25, 0.3) is 5.91 Å². The number of methoxy groups -OCH3 is 1. The van der Waals surface area contributed by atoms with Crippen LogP contribution in [0.5, 0.6) is 5.75 Å². The molecule has 8 heteroatoms. The fraction of sp³-hybridized carbons (Fsp3) is 0.290. The Morgan fingerprint density at radius 1 is 1.03 bits per heavy atom. The number of anilines is 1. The van der Waals surface area contributed by atoms with Gasteiger partial charge in [-0.05, 0) is 60.4 Å². The Labute approximate surface area is 232 Å². The second kappa shape index (κ2) is 13.4. The van der Waals surface area contributed by atoms with Crippen LogP contribution in [0.15, 0.2) is 77.8 Å². The molecule has 39 heavy (non-hydrogen) atoms. The maximum absolute atomic E-state index is 12.7. The van der Waals surface area contributed by atoms with Crippen LogP contribution < -0.4 is 14.8 Å². The van der Waals surface area contributed by atoms with E-state index in [0.717, 1.165) is 53.4 Å². The third-order valence-corrected chi connectivity index (χ3v) is 7.95. The fourth-order valence-corrected chi connectivity index (χ4v) is 5.42. The van der Waals surface area contributed by atoms with Crippen LogP contribution in [-0.2, 0) is 22.6 Å². The molecule has 1 heterocycles. The Morgan fingerprint density at radius 2 is 1.82 bits per heavy atom. The molecule has 0 aliphatic carbocycles. The average Bonchev–Trinajstić information content (AvgIpc) is 3.35. The summed E-state index contributed by atoms with van der Waals surface area (Å²) in [6.07, 6.45) is 6.40. The van der Waals surface area contributed by atoms with Crippen molar-refractivity contribution in [3.05, 3.63) is 89.6 Å². The molecule has 204 valence electrons. The van der Waals surface area contributed by atoms with Gasteiger partial charge in [0, 0.05) is 40.7 Å². The first-order chi connectivity index (χ1) is 18.9. The highest BCUT2D eigenvalue weighted by atomic mass is 32.2. The number of carbonyl (C=O) groups excluding carboxylic acids is 2. The SMILES string of the molecule is CCCCC(CC)C(=O)Nc1ccc2c(Cc3ccc(C(=O)N[S+]([O-])c4ccccc4)cc3OC)c[nH]c2c1. The molecule has 0 radical (unpaired) electrons. The van der Waals surface area contributed by atoms with E-state index in [9.17, 15) is 14.1 Å². The summed E-state index contributed by atoms with van der Waals surface area (Å²) >= 11 is -1.65. The molecule has 1 aromatic heterocycles. The molecule has 4 aromatic rings. The van der Waals surface area contributed by atoms with Crippen LogP contribution in [0, 0.1) is 5.92 Å². The fourth-order valence-electron chi connectivity index (χ4n) is 4.61. The number of carbonyl (C=O) groups is 2. The quantitative estimate of drug-likeness (QED) is 0.180. The van der Waals surface area contributed by atoms with Crippen molar-refractivity contribution >= 4 is 39.8 Å². The summed E-state index contributed by atoms with van der Waals surface area (Å²) < 4.78 is 20.6. The van der Waals surface area contributed by atoms with Crippen molar-refractivity contribution in [3.63, 3.8) is 0 Å². The molecular weight excluding hydrogens is 510 g/mol. The van der Waals surface area contributed by atoms with E-state index in [4.69, 9.17) is 4.74 Å². The molecule has 3 N–H and O–H groups in total. The number of fused-ring (bicyclic) bond motifs is 1. The maximum atomic E-state index is 12.7. The number of aromatic nitrogens is 1. The molecule has 3 aromatic carbocycles. The number of unbranched alkanes of at least 4 members (excludes halogenated alkanes) is 1. The lowest BCUT2D eigenvalue weighted by Crippen LogP contribution is -2.30. The van der Waals surface area contributed by atoms with Crippen molar-refractivity contribution in [3.8, 4) is 5.75 Å². The van der Waals surface area contributed by atoms with E-state index in [1.54, 1.807) is 43.5 Å². The Bertz CT molecular complexity index is 1420. The Kier molecular flexibility index (Phi) is 9.68. The first-order valence-electron chi connectivity index (χ1n) is 13.3. The number of benzene rings is 3. The molecule has 2 unspecified atom stereocenters. The van der Waals surface area contributed by atoms with E-state index in [0.29, 0.717) is 22.6 Å². The van der Waals surface area contributed by atoms with Crippen LogP contribution >= 0.6 is 0 Å². The number of hydrogen-bond donors (Lipinski definition) is 3. The second-order valence-corrected chi connectivity index (χ2v) is 10.7. The zero-order chi connectivity index (χ0) is 27.8. The minimum Gasteiger partial charge on any atom is -0.588 e. The van der Waals surface area contributed by atoms with Crippen molar-refractivity contribution in [1.29, 1.82) is 0 Å². The molecule has 0 saturated carbocycles.